The second kappa shape index (κ2) is 7.75. The fourth-order valence-electron chi connectivity index (χ4n) is 1.79. The molecule has 5 heteroatoms. The molecule has 2 amide bonds. The summed E-state index contributed by atoms with van der Waals surface area (Å²) in [6.07, 6.45) is 0.167. The summed E-state index contributed by atoms with van der Waals surface area (Å²) in [6, 6.07) is 5.72. The van der Waals surface area contributed by atoms with Crippen LogP contribution in [0.4, 0.5) is 4.79 Å². The summed E-state index contributed by atoms with van der Waals surface area (Å²) in [7, 11) is 3.33. The standard InChI is InChI=1S/C15H24N2O3/c1-11-5-6-13(14(9-11)20-4)10-16-15(19)17(3)8-7-12(2)18/h5-6,9,12,18H,7-8,10H2,1-4H3,(H,16,19). The van der Waals surface area contributed by atoms with Crippen molar-refractivity contribution in [2.45, 2.75) is 32.9 Å². The van der Waals surface area contributed by atoms with E-state index < -0.39 is 6.10 Å². The van der Waals surface area contributed by atoms with Crippen molar-refractivity contribution in [2.75, 3.05) is 20.7 Å². The van der Waals surface area contributed by atoms with Crippen LogP contribution in [0.1, 0.15) is 24.5 Å². The zero-order chi connectivity index (χ0) is 15.1. The zero-order valence-electron chi connectivity index (χ0n) is 12.6. The minimum atomic E-state index is -0.401. The van der Waals surface area contributed by atoms with E-state index in [-0.39, 0.29) is 6.03 Å². The second-order valence-corrected chi connectivity index (χ2v) is 5.03. The van der Waals surface area contributed by atoms with Crippen molar-refractivity contribution in [3.05, 3.63) is 29.3 Å². The summed E-state index contributed by atoms with van der Waals surface area (Å²) < 4.78 is 5.30. The van der Waals surface area contributed by atoms with Gasteiger partial charge in [0, 0.05) is 25.7 Å². The van der Waals surface area contributed by atoms with Gasteiger partial charge in [0.1, 0.15) is 5.75 Å². The molecular weight excluding hydrogens is 256 g/mol. The van der Waals surface area contributed by atoms with Gasteiger partial charge in [-0.3, -0.25) is 0 Å². The third kappa shape index (κ3) is 5.09. The molecule has 112 valence electrons. The minimum Gasteiger partial charge on any atom is -0.496 e. The van der Waals surface area contributed by atoms with E-state index >= 15 is 0 Å². The Balaban J connectivity index is 2.52. The Labute approximate surface area is 120 Å². The van der Waals surface area contributed by atoms with Gasteiger partial charge in [0.2, 0.25) is 0 Å². The lowest BCUT2D eigenvalue weighted by Gasteiger charge is -2.19. The number of amides is 2. The normalized spacial score (nSPS) is 11.8. The van der Waals surface area contributed by atoms with Crippen LogP contribution in [0, 0.1) is 6.92 Å². The van der Waals surface area contributed by atoms with Gasteiger partial charge in [-0.05, 0) is 31.9 Å². The van der Waals surface area contributed by atoms with Gasteiger partial charge < -0.3 is 20.1 Å². The molecule has 0 heterocycles. The number of aliphatic hydroxyl groups excluding tert-OH is 1. The van der Waals surface area contributed by atoms with Gasteiger partial charge in [0.25, 0.3) is 0 Å². The molecule has 0 saturated carbocycles. The van der Waals surface area contributed by atoms with Crippen LogP contribution in [0.5, 0.6) is 5.75 Å². The summed E-state index contributed by atoms with van der Waals surface area (Å²) in [5, 5.41) is 12.1. The third-order valence-corrected chi connectivity index (χ3v) is 3.10. The number of carbonyl (C=O) groups is 1. The number of benzene rings is 1. The molecule has 0 bridgehead atoms. The van der Waals surface area contributed by atoms with E-state index in [4.69, 9.17) is 4.74 Å². The maximum atomic E-state index is 11.9. The Morgan fingerprint density at radius 1 is 1.50 bits per heavy atom. The maximum absolute atomic E-state index is 11.9. The molecule has 1 aromatic rings. The van der Waals surface area contributed by atoms with Gasteiger partial charge in [-0.1, -0.05) is 12.1 Å². The van der Waals surface area contributed by atoms with E-state index in [2.05, 4.69) is 5.32 Å². The van der Waals surface area contributed by atoms with Gasteiger partial charge in [-0.2, -0.15) is 0 Å². The molecule has 0 saturated heterocycles. The minimum absolute atomic E-state index is 0.159. The van der Waals surface area contributed by atoms with Crippen molar-refractivity contribution < 1.29 is 14.6 Å². The van der Waals surface area contributed by atoms with Crippen LogP contribution in [0.25, 0.3) is 0 Å². The molecule has 1 unspecified atom stereocenters. The van der Waals surface area contributed by atoms with Crippen molar-refractivity contribution in [1.29, 1.82) is 0 Å². The van der Waals surface area contributed by atoms with Crippen molar-refractivity contribution >= 4 is 6.03 Å². The van der Waals surface area contributed by atoms with Gasteiger partial charge in [-0.25, -0.2) is 4.79 Å². The van der Waals surface area contributed by atoms with Crippen molar-refractivity contribution in [3.8, 4) is 5.75 Å². The SMILES string of the molecule is COc1cc(C)ccc1CNC(=O)N(C)CCC(C)O. The Bertz CT molecular complexity index is 447. The molecule has 5 nitrogen and oxygen atoms in total. The highest BCUT2D eigenvalue weighted by Gasteiger charge is 2.10. The fourth-order valence-corrected chi connectivity index (χ4v) is 1.79. The summed E-state index contributed by atoms with van der Waals surface area (Å²) >= 11 is 0. The molecule has 0 spiro atoms. The average Bonchev–Trinajstić information content (AvgIpc) is 2.42. The summed E-state index contributed by atoms with van der Waals surface area (Å²) in [5.74, 6) is 0.775. The number of carbonyl (C=O) groups excluding carboxylic acids is 1. The molecule has 1 aromatic carbocycles. The Morgan fingerprint density at radius 2 is 2.20 bits per heavy atom. The number of methoxy groups -OCH3 is 1. The lowest BCUT2D eigenvalue weighted by molar-refractivity contribution is 0.163. The van der Waals surface area contributed by atoms with Gasteiger partial charge in [0.15, 0.2) is 0 Å². The summed E-state index contributed by atoms with van der Waals surface area (Å²) in [5.41, 5.74) is 2.06. The number of aliphatic hydroxyl groups is 1. The van der Waals surface area contributed by atoms with Gasteiger partial charge >= 0.3 is 6.03 Å². The van der Waals surface area contributed by atoms with Gasteiger partial charge in [-0.15, -0.1) is 0 Å². The predicted octanol–water partition coefficient (Wildman–Crippen LogP) is 1.92. The number of ether oxygens (including phenoxy) is 1. The Morgan fingerprint density at radius 3 is 2.80 bits per heavy atom. The molecule has 0 aliphatic heterocycles. The highest BCUT2D eigenvalue weighted by molar-refractivity contribution is 5.73. The molecular formula is C15H24N2O3. The lowest BCUT2D eigenvalue weighted by Crippen LogP contribution is -2.38. The topological polar surface area (TPSA) is 61.8 Å². The van der Waals surface area contributed by atoms with E-state index in [0.29, 0.717) is 19.5 Å². The highest BCUT2D eigenvalue weighted by atomic mass is 16.5. The summed E-state index contributed by atoms with van der Waals surface area (Å²) in [4.78, 5) is 13.5. The van der Waals surface area contributed by atoms with Crippen LogP contribution < -0.4 is 10.1 Å². The number of hydrogen-bond donors (Lipinski definition) is 2. The van der Waals surface area contributed by atoms with E-state index in [1.165, 1.54) is 0 Å². The summed E-state index contributed by atoms with van der Waals surface area (Å²) in [6.45, 7) is 4.65. The highest BCUT2D eigenvalue weighted by Crippen LogP contribution is 2.19. The number of aryl methyl sites for hydroxylation is 1. The van der Waals surface area contributed by atoms with E-state index in [1.807, 2.05) is 25.1 Å². The number of hydrogen-bond acceptors (Lipinski definition) is 3. The monoisotopic (exact) mass is 280 g/mol. The first-order valence-corrected chi connectivity index (χ1v) is 6.74. The average molecular weight is 280 g/mol. The fraction of sp³-hybridized carbons (Fsp3) is 0.533. The van der Waals surface area contributed by atoms with Crippen LogP contribution in [0.3, 0.4) is 0 Å². The van der Waals surface area contributed by atoms with Crippen molar-refractivity contribution in [1.82, 2.24) is 10.2 Å². The largest absolute Gasteiger partial charge is 0.496 e. The second-order valence-electron chi connectivity index (χ2n) is 5.03. The van der Waals surface area contributed by atoms with Crippen LogP contribution >= 0.6 is 0 Å². The van der Waals surface area contributed by atoms with Crippen LogP contribution in [0.15, 0.2) is 18.2 Å². The van der Waals surface area contributed by atoms with Crippen molar-refractivity contribution in [3.63, 3.8) is 0 Å². The first-order valence-electron chi connectivity index (χ1n) is 6.74. The van der Waals surface area contributed by atoms with E-state index in [0.717, 1.165) is 16.9 Å². The van der Waals surface area contributed by atoms with Crippen molar-refractivity contribution in [2.24, 2.45) is 0 Å². The van der Waals surface area contributed by atoms with Crippen LogP contribution in [0.2, 0.25) is 0 Å². The molecule has 0 aromatic heterocycles. The first kappa shape index (κ1) is 16.3. The third-order valence-electron chi connectivity index (χ3n) is 3.10. The molecule has 2 N–H and O–H groups in total. The number of nitrogens with zero attached hydrogens (tertiary/aromatic N) is 1. The maximum Gasteiger partial charge on any atom is 0.317 e. The molecule has 0 aliphatic carbocycles. The molecule has 1 rings (SSSR count). The number of nitrogens with one attached hydrogen (secondary N) is 1. The Hall–Kier alpha value is -1.75. The first-order chi connectivity index (χ1) is 9.43. The predicted molar refractivity (Wildman–Crippen MR) is 78.9 cm³/mol. The number of rotatable bonds is 6. The molecule has 1 atom stereocenters. The lowest BCUT2D eigenvalue weighted by atomic mass is 10.1. The van der Waals surface area contributed by atoms with Gasteiger partial charge in [0.05, 0.1) is 13.2 Å². The molecule has 0 radical (unpaired) electrons. The Kier molecular flexibility index (Phi) is 6.31. The smallest absolute Gasteiger partial charge is 0.317 e. The quantitative estimate of drug-likeness (QED) is 0.837. The van der Waals surface area contributed by atoms with E-state index in [1.54, 1.807) is 26.0 Å². The molecule has 20 heavy (non-hydrogen) atoms. The zero-order valence-corrected chi connectivity index (χ0v) is 12.6. The molecule has 0 aliphatic rings. The van der Waals surface area contributed by atoms with Crippen LogP contribution in [-0.4, -0.2) is 42.8 Å². The molecule has 0 fully saturated rings. The van der Waals surface area contributed by atoms with E-state index in [9.17, 15) is 9.90 Å². The number of urea groups is 1. The van der Waals surface area contributed by atoms with Crippen LogP contribution in [-0.2, 0) is 6.54 Å².